The van der Waals surface area contributed by atoms with Gasteiger partial charge in [0.05, 0.1) is 11.6 Å². The Labute approximate surface area is 152 Å². The van der Waals surface area contributed by atoms with Crippen molar-refractivity contribution in [3.8, 4) is 6.07 Å². The maximum absolute atomic E-state index is 13.5. The Hall–Kier alpha value is -2.91. The second kappa shape index (κ2) is 7.54. The maximum atomic E-state index is 13.5. The van der Waals surface area contributed by atoms with E-state index in [1.165, 1.54) is 12.1 Å². The Balaban J connectivity index is 1.80. The number of halogens is 1. The summed E-state index contributed by atoms with van der Waals surface area (Å²) in [5.41, 5.74) is 1.33. The third-order valence-electron chi connectivity index (χ3n) is 4.75. The molecule has 2 N–H and O–H groups in total. The van der Waals surface area contributed by atoms with Gasteiger partial charge in [-0.1, -0.05) is 24.3 Å². The highest BCUT2D eigenvalue weighted by atomic mass is 19.1. The third-order valence-corrected chi connectivity index (χ3v) is 4.75. The molecule has 1 heterocycles. The Morgan fingerprint density at radius 1 is 1.31 bits per heavy atom. The normalized spacial score (nSPS) is 19.7. The minimum absolute atomic E-state index is 0.127. The van der Waals surface area contributed by atoms with Crippen molar-refractivity contribution in [1.82, 2.24) is 10.2 Å². The van der Waals surface area contributed by atoms with Crippen molar-refractivity contribution in [3.63, 3.8) is 0 Å². The van der Waals surface area contributed by atoms with Crippen LogP contribution in [0.3, 0.4) is 0 Å². The molecule has 3 rings (SSSR count). The summed E-state index contributed by atoms with van der Waals surface area (Å²) >= 11 is 0. The van der Waals surface area contributed by atoms with Gasteiger partial charge in [0.15, 0.2) is 0 Å². The van der Waals surface area contributed by atoms with Gasteiger partial charge in [-0.2, -0.15) is 5.26 Å². The number of carbonyl (C=O) groups excluding carboxylic acids is 1. The van der Waals surface area contributed by atoms with Gasteiger partial charge in [0.2, 0.25) is 5.91 Å². The van der Waals surface area contributed by atoms with Crippen LogP contribution in [0.15, 0.2) is 48.5 Å². The summed E-state index contributed by atoms with van der Waals surface area (Å²) in [6.45, 7) is 1.77. The number of likely N-dealkylation sites (tertiary alicyclic amines) is 1. The van der Waals surface area contributed by atoms with Crippen LogP contribution in [0, 0.1) is 17.1 Å². The molecule has 2 aromatic carbocycles. The van der Waals surface area contributed by atoms with Gasteiger partial charge >= 0.3 is 0 Å². The number of nitrogens with one attached hydrogen (secondary N) is 2. The molecular weight excluding hydrogens is 331 g/mol. The van der Waals surface area contributed by atoms with Crippen LogP contribution in [0.5, 0.6) is 0 Å². The summed E-state index contributed by atoms with van der Waals surface area (Å²) in [4.78, 5) is 14.7. The summed E-state index contributed by atoms with van der Waals surface area (Å²) in [6, 6.07) is 15.8. The van der Waals surface area contributed by atoms with Crippen LogP contribution in [0.25, 0.3) is 0 Å². The number of rotatable bonds is 5. The minimum Gasteiger partial charge on any atom is -0.370 e. The van der Waals surface area contributed by atoms with Gasteiger partial charge in [0.25, 0.3) is 0 Å². The van der Waals surface area contributed by atoms with Crippen molar-refractivity contribution in [2.45, 2.75) is 18.5 Å². The van der Waals surface area contributed by atoms with E-state index in [4.69, 9.17) is 0 Å². The molecule has 6 heteroatoms. The topological polar surface area (TPSA) is 68.2 Å². The van der Waals surface area contributed by atoms with Crippen molar-refractivity contribution < 1.29 is 9.18 Å². The Morgan fingerprint density at radius 3 is 2.85 bits per heavy atom. The van der Waals surface area contributed by atoms with Crippen LogP contribution < -0.4 is 10.6 Å². The number of nitriles is 1. The van der Waals surface area contributed by atoms with E-state index in [2.05, 4.69) is 21.6 Å². The highest BCUT2D eigenvalue weighted by Crippen LogP contribution is 2.28. The second-order valence-electron chi connectivity index (χ2n) is 6.53. The number of benzene rings is 2. The number of nitrogens with zero attached hydrogens (tertiary/aromatic N) is 2. The average molecular weight is 352 g/mol. The van der Waals surface area contributed by atoms with Gasteiger partial charge in [0, 0.05) is 32.4 Å². The summed E-state index contributed by atoms with van der Waals surface area (Å²) in [5.74, 6) is -0.474. The lowest BCUT2D eigenvalue weighted by molar-refractivity contribution is -0.124. The lowest BCUT2D eigenvalue weighted by Gasteiger charge is -2.30. The molecule has 5 nitrogen and oxygen atoms in total. The van der Waals surface area contributed by atoms with Crippen LogP contribution >= 0.6 is 0 Å². The minimum atomic E-state index is -0.829. The van der Waals surface area contributed by atoms with E-state index < -0.39 is 5.54 Å². The lowest BCUT2D eigenvalue weighted by atomic mass is 9.96. The monoisotopic (exact) mass is 352 g/mol. The number of hydrogen-bond acceptors (Lipinski definition) is 4. The molecule has 2 aromatic rings. The van der Waals surface area contributed by atoms with Gasteiger partial charge in [0.1, 0.15) is 11.4 Å². The molecule has 0 aliphatic carbocycles. The van der Waals surface area contributed by atoms with Crippen molar-refractivity contribution in [2.24, 2.45) is 0 Å². The molecule has 1 aliphatic rings. The molecule has 1 aliphatic heterocycles. The van der Waals surface area contributed by atoms with Crippen molar-refractivity contribution in [3.05, 3.63) is 65.5 Å². The molecular formula is C20H21FN4O. The first-order valence-electron chi connectivity index (χ1n) is 8.52. The van der Waals surface area contributed by atoms with Crippen LogP contribution in [0.2, 0.25) is 0 Å². The fraction of sp³-hybridized carbons (Fsp3) is 0.300. The largest absolute Gasteiger partial charge is 0.370 e. The van der Waals surface area contributed by atoms with E-state index in [-0.39, 0.29) is 11.7 Å². The molecule has 0 aromatic heterocycles. The van der Waals surface area contributed by atoms with E-state index in [9.17, 15) is 14.4 Å². The fourth-order valence-electron chi connectivity index (χ4n) is 3.46. The van der Waals surface area contributed by atoms with Crippen LogP contribution in [0.1, 0.15) is 17.5 Å². The lowest BCUT2D eigenvalue weighted by Crippen LogP contribution is -2.53. The van der Waals surface area contributed by atoms with Gasteiger partial charge in [-0.05, 0) is 36.2 Å². The first kappa shape index (κ1) is 17.9. The zero-order valence-corrected chi connectivity index (χ0v) is 14.6. The number of amides is 1. The molecule has 0 bridgehead atoms. The van der Waals surface area contributed by atoms with E-state index >= 15 is 0 Å². The molecule has 1 atom stereocenters. The van der Waals surface area contributed by atoms with Crippen LogP contribution in [0.4, 0.5) is 10.1 Å². The molecule has 0 saturated carbocycles. The summed E-state index contributed by atoms with van der Waals surface area (Å²) < 4.78 is 13.5. The molecule has 1 unspecified atom stereocenters. The molecule has 1 saturated heterocycles. The zero-order valence-electron chi connectivity index (χ0n) is 14.6. The third kappa shape index (κ3) is 3.68. The van der Waals surface area contributed by atoms with Crippen LogP contribution in [-0.2, 0) is 11.3 Å². The van der Waals surface area contributed by atoms with Gasteiger partial charge in [-0.25, -0.2) is 4.39 Å². The molecule has 0 spiro atoms. The molecule has 1 amide bonds. The van der Waals surface area contributed by atoms with Crippen molar-refractivity contribution in [2.75, 3.05) is 25.5 Å². The number of anilines is 1. The Bertz CT molecular complexity index is 848. The van der Waals surface area contributed by atoms with E-state index in [0.717, 1.165) is 5.56 Å². The molecule has 1 fully saturated rings. The Kier molecular flexibility index (Phi) is 5.19. The summed E-state index contributed by atoms with van der Waals surface area (Å²) in [6.07, 6.45) is 0.595. The smallest absolute Gasteiger partial charge is 0.246 e. The van der Waals surface area contributed by atoms with Crippen molar-refractivity contribution in [1.29, 1.82) is 5.26 Å². The van der Waals surface area contributed by atoms with Crippen LogP contribution in [-0.4, -0.2) is 36.5 Å². The summed E-state index contributed by atoms with van der Waals surface area (Å²) in [7, 11) is 1.60. The van der Waals surface area contributed by atoms with E-state index in [0.29, 0.717) is 37.3 Å². The maximum Gasteiger partial charge on any atom is 0.246 e. The fourth-order valence-corrected chi connectivity index (χ4v) is 3.46. The van der Waals surface area contributed by atoms with Crippen molar-refractivity contribution >= 4 is 11.6 Å². The number of likely N-dealkylation sites (N-methyl/N-ethyl adjacent to an activating group) is 1. The average Bonchev–Trinajstić information content (AvgIpc) is 3.05. The van der Waals surface area contributed by atoms with E-state index in [1.54, 1.807) is 25.2 Å². The first-order chi connectivity index (χ1) is 12.6. The predicted octanol–water partition coefficient (Wildman–Crippen LogP) is 2.50. The second-order valence-corrected chi connectivity index (χ2v) is 6.53. The predicted molar refractivity (Wildman–Crippen MR) is 97.9 cm³/mol. The zero-order chi connectivity index (χ0) is 18.6. The SMILES string of the molecule is CNC(=O)C1(Nc2cccc(F)c2)CCN(Cc2ccccc2C#N)C1. The standard InChI is InChI=1S/C20H21FN4O/c1-23-19(26)20(24-18-8-4-7-17(21)11-18)9-10-25(14-20)13-16-6-3-2-5-15(16)12-22/h2-8,11,24H,9-10,13-14H2,1H3,(H,23,26). The van der Waals surface area contributed by atoms with Gasteiger partial charge in [-0.15, -0.1) is 0 Å². The number of carbonyl (C=O) groups is 1. The van der Waals surface area contributed by atoms with Gasteiger partial charge < -0.3 is 10.6 Å². The quantitative estimate of drug-likeness (QED) is 0.868. The Morgan fingerprint density at radius 2 is 2.12 bits per heavy atom. The highest BCUT2D eigenvalue weighted by Gasteiger charge is 2.44. The van der Waals surface area contributed by atoms with E-state index in [1.807, 2.05) is 18.2 Å². The first-order valence-corrected chi connectivity index (χ1v) is 8.52. The molecule has 134 valence electrons. The number of hydrogen-bond donors (Lipinski definition) is 2. The highest BCUT2D eigenvalue weighted by molar-refractivity contribution is 5.90. The molecule has 0 radical (unpaired) electrons. The molecule has 26 heavy (non-hydrogen) atoms. The summed E-state index contributed by atoms with van der Waals surface area (Å²) in [5, 5.41) is 15.2. The van der Waals surface area contributed by atoms with Gasteiger partial charge in [-0.3, -0.25) is 9.69 Å².